The zero-order chi connectivity index (χ0) is 11.8. The predicted molar refractivity (Wildman–Crippen MR) is 47.3 cm³/mol. The first-order chi connectivity index (χ1) is 7.02. The molecular formula is C8H14O7. The second-order valence-corrected chi connectivity index (χ2v) is 2.69. The monoisotopic (exact) mass is 222 g/mol. The van der Waals surface area contributed by atoms with E-state index in [0.717, 1.165) is 0 Å². The average Bonchev–Trinajstić information content (AvgIpc) is 2.17. The minimum Gasteiger partial charge on any atom is -0.479 e. The van der Waals surface area contributed by atoms with Crippen LogP contribution in [0.1, 0.15) is 13.3 Å². The van der Waals surface area contributed by atoms with Crippen LogP contribution in [0.3, 0.4) is 0 Å². The first kappa shape index (κ1) is 13.8. The third-order valence-corrected chi connectivity index (χ3v) is 1.40. The van der Waals surface area contributed by atoms with E-state index < -0.39 is 30.9 Å². The molecule has 7 nitrogen and oxygen atoms in total. The Kier molecular flexibility index (Phi) is 6.59. The highest BCUT2D eigenvalue weighted by Gasteiger charge is 2.27. The second kappa shape index (κ2) is 7.16. The van der Waals surface area contributed by atoms with Crippen LogP contribution in [0, 0.1) is 0 Å². The molecule has 0 aliphatic carbocycles. The van der Waals surface area contributed by atoms with Crippen LogP contribution < -0.4 is 0 Å². The second-order valence-electron chi connectivity index (χ2n) is 2.69. The molecule has 0 aromatic rings. The topological polar surface area (TPSA) is 113 Å². The Balaban J connectivity index is 4.25. The number of carboxylic acid groups (broad SMARTS) is 2. The molecule has 0 radical (unpaired) electrons. The van der Waals surface area contributed by atoms with E-state index in [9.17, 15) is 9.59 Å². The van der Waals surface area contributed by atoms with Gasteiger partial charge in [0.2, 0.25) is 0 Å². The van der Waals surface area contributed by atoms with Crippen molar-refractivity contribution in [3.63, 3.8) is 0 Å². The molecule has 0 aromatic heterocycles. The first-order valence-corrected chi connectivity index (χ1v) is 4.36. The quantitative estimate of drug-likeness (QED) is 0.464. The molecule has 3 N–H and O–H groups in total. The van der Waals surface area contributed by atoms with Gasteiger partial charge in [-0.15, -0.1) is 0 Å². The Morgan fingerprint density at radius 1 is 1.27 bits per heavy atom. The van der Waals surface area contributed by atoms with Crippen molar-refractivity contribution in [1.29, 1.82) is 0 Å². The fraction of sp³-hybridized carbons (Fsp3) is 0.750. The molecule has 15 heavy (non-hydrogen) atoms. The predicted octanol–water partition coefficient (Wildman–Crippen LogP) is -0.714. The van der Waals surface area contributed by atoms with E-state index >= 15 is 0 Å². The van der Waals surface area contributed by atoms with E-state index in [-0.39, 0.29) is 6.61 Å². The fourth-order valence-corrected chi connectivity index (χ4v) is 0.722. The van der Waals surface area contributed by atoms with Gasteiger partial charge in [0.1, 0.15) is 0 Å². The van der Waals surface area contributed by atoms with Gasteiger partial charge in [0, 0.05) is 0 Å². The fourth-order valence-electron chi connectivity index (χ4n) is 0.722. The Morgan fingerprint density at radius 2 is 1.87 bits per heavy atom. The van der Waals surface area contributed by atoms with E-state index in [1.165, 1.54) is 0 Å². The van der Waals surface area contributed by atoms with Crippen molar-refractivity contribution in [3.8, 4) is 0 Å². The molecule has 0 aromatic carbocycles. The van der Waals surface area contributed by atoms with Gasteiger partial charge in [-0.05, 0) is 6.42 Å². The normalized spacial score (nSPS) is 14.5. The highest BCUT2D eigenvalue weighted by Crippen LogP contribution is 2.02. The summed E-state index contributed by atoms with van der Waals surface area (Å²) in [5.41, 5.74) is 0. The highest BCUT2D eigenvalue weighted by molar-refractivity contribution is 5.74. The third kappa shape index (κ3) is 5.31. The van der Waals surface area contributed by atoms with Crippen LogP contribution in [0.5, 0.6) is 0 Å². The van der Waals surface area contributed by atoms with E-state index in [0.29, 0.717) is 6.42 Å². The van der Waals surface area contributed by atoms with Crippen LogP contribution in [0.15, 0.2) is 0 Å². The smallest absolute Gasteiger partial charge is 0.361 e. The largest absolute Gasteiger partial charge is 0.479 e. The van der Waals surface area contributed by atoms with Gasteiger partial charge >= 0.3 is 11.9 Å². The van der Waals surface area contributed by atoms with Crippen molar-refractivity contribution >= 4 is 11.9 Å². The molecule has 0 fully saturated rings. The summed E-state index contributed by atoms with van der Waals surface area (Å²) in [5, 5.41) is 25.7. The van der Waals surface area contributed by atoms with E-state index in [2.05, 4.69) is 4.74 Å². The molecule has 0 heterocycles. The Hall–Kier alpha value is -1.18. The molecule has 88 valence electrons. The summed E-state index contributed by atoms with van der Waals surface area (Å²) < 4.78 is 9.29. The molecule has 0 saturated carbocycles. The summed E-state index contributed by atoms with van der Waals surface area (Å²) in [4.78, 5) is 21.0. The molecule has 2 atom stereocenters. The van der Waals surface area contributed by atoms with Crippen molar-refractivity contribution in [2.24, 2.45) is 0 Å². The number of aliphatic carboxylic acids is 2. The summed E-state index contributed by atoms with van der Waals surface area (Å²) in [6, 6.07) is 0. The number of aliphatic hydroxyl groups excluding tert-OH is 1. The highest BCUT2D eigenvalue weighted by atomic mass is 16.7. The van der Waals surface area contributed by atoms with Gasteiger partial charge in [-0.1, -0.05) is 6.92 Å². The zero-order valence-corrected chi connectivity index (χ0v) is 8.25. The SMILES string of the molecule is CCCOC(OC(CO)C(=O)O)C(=O)O. The molecule has 0 amide bonds. The van der Waals surface area contributed by atoms with Crippen LogP contribution >= 0.6 is 0 Å². The molecule has 2 unspecified atom stereocenters. The molecule has 0 rings (SSSR count). The van der Waals surface area contributed by atoms with Gasteiger partial charge in [0.15, 0.2) is 6.10 Å². The molecule has 0 spiro atoms. The van der Waals surface area contributed by atoms with Gasteiger partial charge in [-0.2, -0.15) is 0 Å². The molecule has 0 aliphatic heterocycles. The summed E-state index contributed by atoms with van der Waals surface area (Å²) in [6.07, 6.45) is -2.69. The van der Waals surface area contributed by atoms with E-state index in [4.69, 9.17) is 20.1 Å². The minimum atomic E-state index is -1.67. The van der Waals surface area contributed by atoms with Gasteiger partial charge in [-0.3, -0.25) is 0 Å². The number of carbonyl (C=O) groups is 2. The lowest BCUT2D eigenvalue weighted by molar-refractivity contribution is -0.209. The Labute approximate surface area is 86.2 Å². The number of rotatable bonds is 8. The average molecular weight is 222 g/mol. The van der Waals surface area contributed by atoms with Crippen LogP contribution in [0.4, 0.5) is 0 Å². The lowest BCUT2D eigenvalue weighted by Gasteiger charge is -2.17. The number of carboxylic acids is 2. The third-order valence-electron chi connectivity index (χ3n) is 1.40. The molecule has 0 aliphatic rings. The van der Waals surface area contributed by atoms with Gasteiger partial charge in [0.25, 0.3) is 6.29 Å². The molecular weight excluding hydrogens is 208 g/mol. The summed E-state index contributed by atoms with van der Waals surface area (Å²) >= 11 is 0. The Bertz CT molecular complexity index is 215. The van der Waals surface area contributed by atoms with Crippen LogP contribution in [-0.4, -0.2) is 52.9 Å². The maximum Gasteiger partial charge on any atom is 0.361 e. The zero-order valence-electron chi connectivity index (χ0n) is 8.25. The van der Waals surface area contributed by atoms with Crippen LogP contribution in [0.25, 0.3) is 0 Å². The minimum absolute atomic E-state index is 0.134. The summed E-state index contributed by atoms with van der Waals surface area (Å²) in [7, 11) is 0. The standard InChI is InChI=1S/C8H14O7/c1-2-3-14-8(7(12)13)15-5(4-9)6(10)11/h5,8-9H,2-4H2,1H3,(H,10,11)(H,12,13). The van der Waals surface area contributed by atoms with E-state index in [1.807, 2.05) is 0 Å². The van der Waals surface area contributed by atoms with Gasteiger partial charge in [-0.25, -0.2) is 9.59 Å². The van der Waals surface area contributed by atoms with Gasteiger partial charge in [0.05, 0.1) is 13.2 Å². The Morgan fingerprint density at radius 3 is 2.20 bits per heavy atom. The van der Waals surface area contributed by atoms with E-state index in [1.54, 1.807) is 6.92 Å². The number of ether oxygens (including phenoxy) is 2. The van der Waals surface area contributed by atoms with Crippen molar-refractivity contribution in [3.05, 3.63) is 0 Å². The van der Waals surface area contributed by atoms with Crippen molar-refractivity contribution in [2.75, 3.05) is 13.2 Å². The maximum atomic E-state index is 10.6. The van der Waals surface area contributed by atoms with Crippen molar-refractivity contribution in [2.45, 2.75) is 25.7 Å². The van der Waals surface area contributed by atoms with Crippen LogP contribution in [-0.2, 0) is 19.1 Å². The molecule has 0 bridgehead atoms. The lowest BCUT2D eigenvalue weighted by Crippen LogP contribution is -2.37. The molecule has 0 saturated heterocycles. The van der Waals surface area contributed by atoms with Crippen LogP contribution in [0.2, 0.25) is 0 Å². The summed E-state index contributed by atoms with van der Waals surface area (Å²) in [5.74, 6) is -2.87. The number of aliphatic hydroxyl groups is 1. The summed E-state index contributed by atoms with van der Waals surface area (Å²) in [6.45, 7) is 1.09. The first-order valence-electron chi connectivity index (χ1n) is 4.36. The lowest BCUT2D eigenvalue weighted by atomic mass is 10.4. The van der Waals surface area contributed by atoms with Crippen molar-refractivity contribution in [1.82, 2.24) is 0 Å². The number of hydrogen-bond acceptors (Lipinski definition) is 5. The maximum absolute atomic E-state index is 10.6. The number of hydrogen-bond donors (Lipinski definition) is 3. The molecule has 7 heteroatoms. The van der Waals surface area contributed by atoms with Crippen molar-refractivity contribution < 1.29 is 34.4 Å². The van der Waals surface area contributed by atoms with Gasteiger partial charge < -0.3 is 24.8 Å².